The van der Waals surface area contributed by atoms with E-state index in [1.54, 1.807) is 0 Å². The van der Waals surface area contributed by atoms with Crippen molar-refractivity contribution < 1.29 is 73.5 Å². The van der Waals surface area contributed by atoms with Gasteiger partial charge in [-0.05, 0) is 20.8 Å². The molecule has 13 N–H and O–H groups in total. The zero-order valence-corrected chi connectivity index (χ0v) is 27.8. The number of carboxylic acids is 1. The Balaban J connectivity index is 2.09. The number of guanidine groups is 1. The van der Waals surface area contributed by atoms with E-state index in [1.165, 1.54) is 20.8 Å². The highest BCUT2D eigenvalue weighted by molar-refractivity contribution is 5.77. The maximum Gasteiger partial charge on any atom is 0.364 e. The van der Waals surface area contributed by atoms with Gasteiger partial charge in [0, 0.05) is 27.2 Å². The van der Waals surface area contributed by atoms with Crippen LogP contribution in [0.25, 0.3) is 0 Å². The molecular weight excluding hydrogens is 660 g/mol. The molecule has 0 aromatic carbocycles. The quantitative estimate of drug-likeness (QED) is 0.0704. The third-order valence-electron chi connectivity index (χ3n) is 8.48. The first-order valence-corrected chi connectivity index (χ1v) is 15.5. The molecule has 16 atom stereocenters. The Morgan fingerprint density at radius 1 is 0.878 bits per heavy atom. The van der Waals surface area contributed by atoms with Crippen LogP contribution in [-0.4, -0.2) is 158 Å². The first-order chi connectivity index (χ1) is 22.7. The minimum Gasteiger partial charge on any atom is -0.477 e. The van der Waals surface area contributed by atoms with Gasteiger partial charge in [0.05, 0.1) is 36.5 Å². The lowest BCUT2D eigenvalue weighted by atomic mass is 9.86. The van der Waals surface area contributed by atoms with Crippen LogP contribution in [-0.2, 0) is 42.9 Å². The van der Waals surface area contributed by atoms with Crippen LogP contribution in [0, 0.1) is 0 Å². The normalized spacial score (nSPS) is 40.7. The summed E-state index contributed by atoms with van der Waals surface area (Å²) in [4.78, 5) is 53.6. The van der Waals surface area contributed by atoms with E-state index in [2.05, 4.69) is 20.9 Å². The van der Waals surface area contributed by atoms with Crippen molar-refractivity contribution in [3.63, 3.8) is 0 Å². The van der Waals surface area contributed by atoms with Crippen molar-refractivity contribution in [2.45, 2.75) is 145 Å². The minimum atomic E-state index is -2.84. The van der Waals surface area contributed by atoms with E-state index in [-0.39, 0.29) is 0 Å². The molecule has 0 aromatic heterocycles. The Hall–Kier alpha value is -3.25. The first kappa shape index (κ1) is 40.2. The highest BCUT2D eigenvalue weighted by Crippen LogP contribution is 2.38. The number of carbonyl (C=O) groups is 4. The van der Waals surface area contributed by atoms with Gasteiger partial charge in [-0.3, -0.25) is 14.4 Å². The molecule has 0 bridgehead atoms. The standard InChI is InChI=1S/C28H48N6O15/c1-8(46-25-17(33-13(6)37)21(41)19(39)9(2)47-25)15(31-11(4)35)22-16(32-12(5)36)14(38)7-28(48-22,26(43)44)49-23-18(34-27(29)30)24(42)45-10(3)20(23)40/h8-10,14-25,38-42H,7H2,1-6H3,(H,31,35)(H,32,36)(H,33,37)(H,43,44)(H4,29,30,34)/t8-,9-,10+,14-,15+,16+,17-,18+,19-,20-,21-,22-,23+,24?,25+,28-/m1/s1. The lowest BCUT2D eigenvalue weighted by Gasteiger charge is -2.51. The number of nitrogens with two attached hydrogens (primary N) is 2. The monoisotopic (exact) mass is 708 g/mol. The largest absolute Gasteiger partial charge is 0.477 e. The number of aliphatic hydroxyl groups excluding tert-OH is 5. The van der Waals surface area contributed by atoms with Crippen LogP contribution in [0.15, 0.2) is 4.99 Å². The molecule has 280 valence electrons. The van der Waals surface area contributed by atoms with Gasteiger partial charge in [-0.15, -0.1) is 0 Å². The zero-order valence-electron chi connectivity index (χ0n) is 27.8. The van der Waals surface area contributed by atoms with E-state index in [4.69, 9.17) is 35.2 Å². The molecule has 0 saturated carbocycles. The van der Waals surface area contributed by atoms with Gasteiger partial charge in [-0.2, -0.15) is 0 Å². The molecule has 3 heterocycles. The summed E-state index contributed by atoms with van der Waals surface area (Å²) >= 11 is 0. The van der Waals surface area contributed by atoms with Crippen molar-refractivity contribution in [2.75, 3.05) is 0 Å². The summed E-state index contributed by atoms with van der Waals surface area (Å²) in [6.07, 6.45) is -17.2. The van der Waals surface area contributed by atoms with Gasteiger partial charge in [0.1, 0.15) is 42.6 Å². The number of ether oxygens (including phenoxy) is 5. The predicted molar refractivity (Wildman–Crippen MR) is 163 cm³/mol. The number of amides is 3. The third kappa shape index (κ3) is 9.31. The van der Waals surface area contributed by atoms with Gasteiger partial charge in [0.15, 0.2) is 18.5 Å². The summed E-state index contributed by atoms with van der Waals surface area (Å²) in [5.74, 6) is -7.19. The Bertz CT molecular complexity index is 1240. The molecule has 1 unspecified atom stereocenters. The molecule has 3 aliphatic rings. The summed E-state index contributed by atoms with van der Waals surface area (Å²) in [5, 5.41) is 72.0. The Morgan fingerprint density at radius 3 is 1.98 bits per heavy atom. The molecule has 0 spiro atoms. The van der Waals surface area contributed by atoms with Gasteiger partial charge < -0.3 is 81.7 Å². The Labute approximate surface area is 281 Å². The fourth-order valence-corrected chi connectivity index (χ4v) is 6.15. The first-order valence-electron chi connectivity index (χ1n) is 15.5. The number of rotatable bonds is 11. The molecule has 49 heavy (non-hydrogen) atoms. The fourth-order valence-electron chi connectivity index (χ4n) is 6.15. The Kier molecular flexibility index (Phi) is 13.3. The topological polar surface area (TPSA) is 336 Å². The summed E-state index contributed by atoms with van der Waals surface area (Å²) in [7, 11) is 0. The number of aliphatic hydroxyl groups is 5. The second kappa shape index (κ2) is 16.2. The van der Waals surface area contributed by atoms with E-state index in [0.717, 1.165) is 20.8 Å². The number of aliphatic carboxylic acids is 1. The second-order valence-electron chi connectivity index (χ2n) is 12.5. The maximum atomic E-state index is 13.0. The van der Waals surface area contributed by atoms with Crippen molar-refractivity contribution in [2.24, 2.45) is 16.5 Å². The van der Waals surface area contributed by atoms with Gasteiger partial charge >= 0.3 is 5.97 Å². The summed E-state index contributed by atoms with van der Waals surface area (Å²) < 4.78 is 29.0. The lowest BCUT2D eigenvalue weighted by Crippen LogP contribution is -2.72. The molecule has 21 heteroatoms. The highest BCUT2D eigenvalue weighted by Gasteiger charge is 2.59. The number of hydrogen-bond donors (Lipinski definition) is 11. The van der Waals surface area contributed by atoms with Crippen LogP contribution in [0.3, 0.4) is 0 Å². The third-order valence-corrected chi connectivity index (χ3v) is 8.48. The molecule has 3 saturated heterocycles. The van der Waals surface area contributed by atoms with Crippen LogP contribution in [0.5, 0.6) is 0 Å². The molecule has 3 rings (SSSR count). The SMILES string of the molecule is CC(=O)N[C@@H]1[C@@H]([C@@H](NC(C)=O)[C@@H](C)O[C@H]2O[C@H](C)[C@@H](O)[C@H](O)[C@H]2NC(C)=O)O[C@](O[C@@H]2[C@H](O)[C@H](C)OC(O)[C@H]2N=C(N)N)(C(=O)O)C[C@H]1O. The number of nitrogens with one attached hydrogen (secondary N) is 3. The van der Waals surface area contributed by atoms with Crippen LogP contribution in [0.2, 0.25) is 0 Å². The maximum absolute atomic E-state index is 13.0. The van der Waals surface area contributed by atoms with E-state index in [0.29, 0.717) is 0 Å². The summed E-state index contributed by atoms with van der Waals surface area (Å²) in [6, 6.07) is -5.75. The number of aliphatic imine (C=N–C) groups is 1. The average molecular weight is 709 g/mol. The number of carbonyl (C=O) groups excluding carboxylic acids is 3. The molecule has 0 radical (unpaired) electrons. The smallest absolute Gasteiger partial charge is 0.364 e. The van der Waals surface area contributed by atoms with Crippen molar-refractivity contribution in [1.29, 1.82) is 0 Å². The number of carboxylic acid groups (broad SMARTS) is 1. The Morgan fingerprint density at radius 2 is 1.45 bits per heavy atom. The van der Waals surface area contributed by atoms with Gasteiger partial charge in [-0.1, -0.05) is 0 Å². The number of hydrogen-bond acceptors (Lipinski definition) is 15. The van der Waals surface area contributed by atoms with E-state index in [9.17, 15) is 49.8 Å². The lowest BCUT2D eigenvalue weighted by molar-refractivity contribution is -0.345. The van der Waals surface area contributed by atoms with Gasteiger partial charge in [0.2, 0.25) is 17.7 Å². The van der Waals surface area contributed by atoms with E-state index < -0.39 is 134 Å². The molecule has 0 aromatic rings. The highest BCUT2D eigenvalue weighted by atomic mass is 16.7. The van der Waals surface area contributed by atoms with Crippen LogP contribution in [0.1, 0.15) is 48.0 Å². The average Bonchev–Trinajstić information content (AvgIpc) is 2.98. The van der Waals surface area contributed by atoms with Crippen molar-refractivity contribution in [3.05, 3.63) is 0 Å². The van der Waals surface area contributed by atoms with Gasteiger partial charge in [0.25, 0.3) is 5.79 Å². The van der Waals surface area contributed by atoms with E-state index >= 15 is 0 Å². The molecular formula is C28H48N6O15. The molecule has 3 amide bonds. The molecule has 3 aliphatic heterocycles. The molecule has 3 fully saturated rings. The predicted octanol–water partition coefficient (Wildman–Crippen LogP) is -5.57. The molecule has 0 aliphatic carbocycles. The fraction of sp³-hybridized carbons (Fsp3) is 0.821. The van der Waals surface area contributed by atoms with Crippen LogP contribution < -0.4 is 27.4 Å². The van der Waals surface area contributed by atoms with Crippen molar-refractivity contribution >= 4 is 29.7 Å². The molecule has 21 nitrogen and oxygen atoms in total. The second-order valence-corrected chi connectivity index (χ2v) is 12.5. The van der Waals surface area contributed by atoms with Crippen molar-refractivity contribution in [1.82, 2.24) is 16.0 Å². The van der Waals surface area contributed by atoms with E-state index in [1.807, 2.05) is 0 Å². The van der Waals surface area contributed by atoms with Crippen LogP contribution >= 0.6 is 0 Å². The zero-order chi connectivity index (χ0) is 37.1. The number of nitrogens with zero attached hydrogens (tertiary/aromatic N) is 1. The van der Waals surface area contributed by atoms with Crippen molar-refractivity contribution in [3.8, 4) is 0 Å². The minimum absolute atomic E-state index is 0.563. The van der Waals surface area contributed by atoms with Gasteiger partial charge in [-0.25, -0.2) is 9.79 Å². The summed E-state index contributed by atoms with van der Waals surface area (Å²) in [6.45, 7) is 7.59. The van der Waals surface area contributed by atoms with Crippen LogP contribution in [0.4, 0.5) is 0 Å². The summed E-state index contributed by atoms with van der Waals surface area (Å²) in [5.41, 5.74) is 11.0.